The fourth-order valence-corrected chi connectivity index (χ4v) is 5.30. The third-order valence-electron chi connectivity index (χ3n) is 6.78. The summed E-state index contributed by atoms with van der Waals surface area (Å²) in [6.07, 6.45) is 1.79. The quantitative estimate of drug-likeness (QED) is 0.392. The molecule has 0 radical (unpaired) electrons. The van der Waals surface area contributed by atoms with E-state index in [0.717, 1.165) is 30.2 Å². The third-order valence-corrected chi connectivity index (χ3v) is 7.11. The van der Waals surface area contributed by atoms with Gasteiger partial charge in [0.15, 0.2) is 0 Å². The first-order chi connectivity index (χ1) is 16.1. The summed E-state index contributed by atoms with van der Waals surface area (Å²) in [7, 11) is 1.09. The largest absolute Gasteiger partial charge is 0.508 e. The average molecular weight is 492 g/mol. The molecule has 3 amide bonds. The SMILES string of the molecule is CC/C(=C\c1ccc(O)cc1Cl)CC[C@@H](O)C1=C(C)C[C@H]2C(=O)N(C(=O)OC)C(=O)[C@H]2[C@H]1CO. The minimum atomic E-state index is -1.04. The van der Waals surface area contributed by atoms with Crippen LogP contribution in [0.2, 0.25) is 5.02 Å². The van der Waals surface area contributed by atoms with Crippen molar-refractivity contribution >= 4 is 35.6 Å². The lowest BCUT2D eigenvalue weighted by Crippen LogP contribution is -2.39. The van der Waals surface area contributed by atoms with E-state index in [9.17, 15) is 29.7 Å². The third kappa shape index (κ3) is 4.89. The molecule has 34 heavy (non-hydrogen) atoms. The second-order valence-corrected chi connectivity index (χ2v) is 9.17. The molecule has 3 rings (SSSR count). The minimum absolute atomic E-state index is 0.0781. The standard InChI is InChI=1S/C25H30ClNO7/c1-4-14(10-15-6-7-16(29)11-19(15)26)5-8-20(30)21-13(2)9-17-22(18(21)12-28)24(32)27(23(17)31)25(33)34-3/h6-7,10-11,17-18,20,22,28-30H,4-5,8-9,12H2,1-3H3/b14-10+/t17-,18+,20-,22-/m1/s1. The monoisotopic (exact) mass is 491 g/mol. The summed E-state index contributed by atoms with van der Waals surface area (Å²) in [6.45, 7) is 3.34. The molecule has 1 aliphatic carbocycles. The van der Waals surface area contributed by atoms with Crippen LogP contribution in [-0.4, -0.2) is 57.9 Å². The molecule has 184 valence electrons. The second kappa shape index (κ2) is 10.7. The maximum absolute atomic E-state index is 12.9. The molecule has 8 nitrogen and oxygen atoms in total. The van der Waals surface area contributed by atoms with E-state index in [0.29, 0.717) is 28.3 Å². The first kappa shape index (κ1) is 25.9. The molecule has 0 aromatic heterocycles. The number of carbonyl (C=O) groups excluding carboxylic acids is 3. The van der Waals surface area contributed by atoms with Crippen LogP contribution in [0.25, 0.3) is 6.08 Å². The smallest absolute Gasteiger partial charge is 0.423 e. The number of benzene rings is 1. The molecular formula is C25H30ClNO7. The van der Waals surface area contributed by atoms with Crippen LogP contribution in [0, 0.1) is 17.8 Å². The summed E-state index contributed by atoms with van der Waals surface area (Å²) in [5.41, 5.74) is 3.08. The highest BCUT2D eigenvalue weighted by atomic mass is 35.5. The van der Waals surface area contributed by atoms with Crippen LogP contribution in [0.3, 0.4) is 0 Å². The Labute approximate surface area is 203 Å². The number of imide groups is 3. The van der Waals surface area contributed by atoms with Crippen LogP contribution in [-0.2, 0) is 14.3 Å². The number of carbonyl (C=O) groups is 3. The highest BCUT2D eigenvalue weighted by molar-refractivity contribution is 6.32. The summed E-state index contributed by atoms with van der Waals surface area (Å²) < 4.78 is 4.58. The maximum Gasteiger partial charge on any atom is 0.423 e. The zero-order chi connectivity index (χ0) is 25.2. The topological polar surface area (TPSA) is 124 Å². The molecule has 0 saturated carbocycles. The van der Waals surface area contributed by atoms with Crippen molar-refractivity contribution in [2.45, 2.75) is 45.6 Å². The molecule has 1 aliphatic heterocycles. The number of ether oxygens (including phenoxy) is 1. The predicted octanol–water partition coefficient (Wildman–Crippen LogP) is 3.68. The average Bonchev–Trinajstić information content (AvgIpc) is 3.05. The molecule has 2 aliphatic rings. The number of aliphatic hydroxyl groups excluding tert-OH is 2. The lowest BCUT2D eigenvalue weighted by molar-refractivity contribution is -0.137. The summed E-state index contributed by atoms with van der Waals surface area (Å²) in [5, 5.41) is 31.2. The maximum atomic E-state index is 12.9. The molecule has 0 bridgehead atoms. The predicted molar refractivity (Wildman–Crippen MR) is 126 cm³/mol. The molecule has 9 heteroatoms. The molecule has 1 fully saturated rings. The van der Waals surface area contributed by atoms with Gasteiger partial charge in [0.1, 0.15) is 5.75 Å². The van der Waals surface area contributed by atoms with Gasteiger partial charge in [0.05, 0.1) is 36.7 Å². The second-order valence-electron chi connectivity index (χ2n) is 8.76. The Kier molecular flexibility index (Phi) is 8.17. The Morgan fingerprint density at radius 1 is 1.32 bits per heavy atom. The minimum Gasteiger partial charge on any atom is -0.508 e. The molecule has 1 aromatic rings. The number of hydrogen-bond acceptors (Lipinski definition) is 7. The van der Waals surface area contributed by atoms with Crippen LogP contribution in [0.15, 0.2) is 34.9 Å². The number of allylic oxidation sites excluding steroid dienone is 2. The van der Waals surface area contributed by atoms with Crippen LogP contribution in [0.1, 0.15) is 45.1 Å². The normalized spacial score (nSPS) is 23.9. The molecule has 0 spiro atoms. The summed E-state index contributed by atoms with van der Waals surface area (Å²) in [5.74, 6) is -3.69. The van der Waals surface area contributed by atoms with E-state index in [1.807, 2.05) is 13.0 Å². The van der Waals surface area contributed by atoms with Gasteiger partial charge in [-0.25, -0.2) is 4.79 Å². The first-order valence-electron chi connectivity index (χ1n) is 11.3. The zero-order valence-electron chi connectivity index (χ0n) is 19.5. The van der Waals surface area contributed by atoms with Crippen molar-refractivity contribution in [1.82, 2.24) is 4.90 Å². The van der Waals surface area contributed by atoms with Crippen molar-refractivity contribution in [2.24, 2.45) is 17.8 Å². The molecule has 3 N–H and O–H groups in total. The van der Waals surface area contributed by atoms with E-state index in [2.05, 4.69) is 4.74 Å². The Balaban J connectivity index is 1.80. The van der Waals surface area contributed by atoms with Gasteiger partial charge in [0.25, 0.3) is 0 Å². The summed E-state index contributed by atoms with van der Waals surface area (Å²) in [6, 6.07) is 4.73. The number of fused-ring (bicyclic) bond motifs is 1. The van der Waals surface area contributed by atoms with E-state index < -0.39 is 48.4 Å². The van der Waals surface area contributed by atoms with Crippen LogP contribution >= 0.6 is 11.6 Å². The van der Waals surface area contributed by atoms with Gasteiger partial charge in [-0.3, -0.25) is 9.59 Å². The van der Waals surface area contributed by atoms with E-state index in [1.165, 1.54) is 6.07 Å². The van der Waals surface area contributed by atoms with Gasteiger partial charge in [0, 0.05) is 5.92 Å². The number of aromatic hydroxyl groups is 1. The first-order valence-corrected chi connectivity index (χ1v) is 11.6. The molecular weight excluding hydrogens is 462 g/mol. The number of phenolic OH excluding ortho intramolecular Hbond substituents is 1. The number of phenols is 1. The van der Waals surface area contributed by atoms with Gasteiger partial charge in [-0.1, -0.05) is 35.7 Å². The van der Waals surface area contributed by atoms with Crippen molar-refractivity contribution in [3.63, 3.8) is 0 Å². The number of halogens is 1. The molecule has 4 atom stereocenters. The zero-order valence-corrected chi connectivity index (χ0v) is 20.2. The molecule has 1 heterocycles. The number of methoxy groups -OCH3 is 1. The Morgan fingerprint density at radius 2 is 2.03 bits per heavy atom. The molecule has 0 unspecified atom stereocenters. The van der Waals surface area contributed by atoms with Crippen LogP contribution in [0.4, 0.5) is 4.79 Å². The van der Waals surface area contributed by atoms with E-state index in [1.54, 1.807) is 19.1 Å². The van der Waals surface area contributed by atoms with Crippen LogP contribution < -0.4 is 0 Å². The lowest BCUT2D eigenvalue weighted by Gasteiger charge is -2.35. The van der Waals surface area contributed by atoms with Crippen molar-refractivity contribution in [3.8, 4) is 5.75 Å². The van der Waals surface area contributed by atoms with Gasteiger partial charge < -0.3 is 20.1 Å². The number of hydrogen-bond donors (Lipinski definition) is 3. The number of likely N-dealkylation sites (tertiary alicyclic amines) is 1. The van der Waals surface area contributed by atoms with Crippen molar-refractivity contribution in [2.75, 3.05) is 13.7 Å². The van der Waals surface area contributed by atoms with Crippen molar-refractivity contribution in [3.05, 3.63) is 45.5 Å². The van der Waals surface area contributed by atoms with Gasteiger partial charge in [0.2, 0.25) is 11.8 Å². The van der Waals surface area contributed by atoms with Gasteiger partial charge in [-0.2, -0.15) is 4.90 Å². The lowest BCUT2D eigenvalue weighted by atomic mass is 9.68. The highest BCUT2D eigenvalue weighted by Crippen LogP contribution is 2.46. The fraction of sp³-hybridized carbons (Fsp3) is 0.480. The van der Waals surface area contributed by atoms with Gasteiger partial charge in [-0.05, 0) is 61.9 Å². The highest BCUT2D eigenvalue weighted by Gasteiger charge is 2.56. The van der Waals surface area contributed by atoms with Gasteiger partial charge >= 0.3 is 6.09 Å². The van der Waals surface area contributed by atoms with E-state index in [-0.39, 0.29) is 12.2 Å². The Bertz CT molecular complexity index is 1050. The fourth-order valence-electron chi connectivity index (χ4n) is 5.07. The van der Waals surface area contributed by atoms with Crippen molar-refractivity contribution < 1.29 is 34.4 Å². The van der Waals surface area contributed by atoms with E-state index >= 15 is 0 Å². The Morgan fingerprint density at radius 3 is 2.62 bits per heavy atom. The molecule has 1 aromatic carbocycles. The number of rotatable bonds is 7. The van der Waals surface area contributed by atoms with Gasteiger partial charge in [-0.15, -0.1) is 0 Å². The Hall–Kier alpha value is -2.68. The van der Waals surface area contributed by atoms with Crippen LogP contribution in [0.5, 0.6) is 5.75 Å². The molecule has 1 saturated heterocycles. The number of amides is 3. The summed E-state index contributed by atoms with van der Waals surface area (Å²) in [4.78, 5) is 38.1. The number of nitrogens with zero attached hydrogens (tertiary/aromatic N) is 1. The summed E-state index contributed by atoms with van der Waals surface area (Å²) >= 11 is 6.21. The van der Waals surface area contributed by atoms with Crippen molar-refractivity contribution in [1.29, 1.82) is 0 Å². The van der Waals surface area contributed by atoms with E-state index in [4.69, 9.17) is 11.6 Å². The number of aliphatic hydroxyl groups is 2.